The van der Waals surface area contributed by atoms with Gasteiger partial charge in [0.05, 0.1) is 30.9 Å². The number of carbonyl (C=O) groups is 1. The zero-order chi connectivity index (χ0) is 32.6. The van der Waals surface area contributed by atoms with Gasteiger partial charge in [-0.3, -0.25) is 0 Å². The molecule has 0 bridgehead atoms. The van der Waals surface area contributed by atoms with Crippen LogP contribution in [0.2, 0.25) is 0 Å². The molecule has 256 valence electrons. The fourth-order valence-electron chi connectivity index (χ4n) is 5.89. The molecule has 3 saturated heterocycles. The lowest BCUT2D eigenvalue weighted by molar-refractivity contribution is -0.335. The van der Waals surface area contributed by atoms with Crippen molar-refractivity contribution in [1.29, 1.82) is 0 Å². The zero-order valence-corrected chi connectivity index (χ0v) is 23.6. The highest BCUT2D eigenvalue weighted by molar-refractivity contribution is 5.73. The molecule has 0 aromatic heterocycles. The predicted octanol–water partition coefficient (Wildman–Crippen LogP) is -8.38. The summed E-state index contributed by atoms with van der Waals surface area (Å²) in [4.78, 5) is 11.4. The number of nitrogens with two attached hydrogens (primary N) is 5. The van der Waals surface area contributed by atoms with Crippen LogP contribution >= 0.6 is 0 Å². The maximum Gasteiger partial charge on any atom is 0.335 e. The first-order valence-corrected chi connectivity index (χ1v) is 14.3. The van der Waals surface area contributed by atoms with Crippen molar-refractivity contribution >= 4 is 5.97 Å². The van der Waals surface area contributed by atoms with Gasteiger partial charge in [-0.25, -0.2) is 4.79 Å². The van der Waals surface area contributed by atoms with Crippen LogP contribution < -0.4 is 28.7 Å². The number of aliphatic hydroxyl groups excluding tert-OH is 7. The summed E-state index contributed by atoms with van der Waals surface area (Å²) in [6.45, 7) is -0.783. The standard InChI is InChI=1S/C24H45N5O15/c25-3-9-8(39-24-16(35)14(33)15(34)20(44-24)21(37)38)2-7(28)22(40-9)42-18-5(26)1-6(27)19(17(18)36)43-23-13(32)11(29)12(31)10(4-30)41-23/h5-20,22-24,30-36H,1-4,25-29H2,(H,37,38)/t5-,6+,7+,8-,9+,10+,11-,12+,13+,14?,15?,16?,17-,18+,19-,20?,22+,23+,24?/m0/s1. The second-order valence-electron chi connectivity index (χ2n) is 11.6. The monoisotopic (exact) mass is 643 g/mol. The van der Waals surface area contributed by atoms with Crippen LogP contribution in [0.1, 0.15) is 12.8 Å². The van der Waals surface area contributed by atoms with Gasteiger partial charge < -0.3 is 97.9 Å². The Bertz CT molecular complexity index is 958. The quantitative estimate of drug-likeness (QED) is 0.111. The van der Waals surface area contributed by atoms with E-state index in [9.17, 15) is 45.6 Å². The highest BCUT2D eigenvalue weighted by Crippen LogP contribution is 2.32. The fourth-order valence-corrected chi connectivity index (χ4v) is 5.89. The number of rotatable bonds is 9. The first-order valence-electron chi connectivity index (χ1n) is 14.3. The highest BCUT2D eigenvalue weighted by Gasteiger charge is 2.52. The van der Waals surface area contributed by atoms with Gasteiger partial charge in [0.15, 0.2) is 25.0 Å². The molecule has 0 aromatic carbocycles. The van der Waals surface area contributed by atoms with E-state index in [1.54, 1.807) is 0 Å². The molecule has 20 nitrogen and oxygen atoms in total. The van der Waals surface area contributed by atoms with E-state index in [0.717, 1.165) is 0 Å². The molecule has 4 rings (SSSR count). The summed E-state index contributed by atoms with van der Waals surface area (Å²) >= 11 is 0. The molecule has 0 amide bonds. The first kappa shape index (κ1) is 35.6. The molecule has 18 N–H and O–H groups in total. The van der Waals surface area contributed by atoms with Crippen LogP contribution in [-0.4, -0.2) is 176 Å². The van der Waals surface area contributed by atoms with Crippen molar-refractivity contribution < 1.29 is 74.1 Å². The number of hydrogen-bond donors (Lipinski definition) is 13. The summed E-state index contributed by atoms with van der Waals surface area (Å²) in [5.41, 5.74) is 30.5. The Morgan fingerprint density at radius 1 is 0.659 bits per heavy atom. The zero-order valence-electron chi connectivity index (χ0n) is 23.6. The number of carboxylic acids is 1. The average molecular weight is 644 g/mol. The lowest BCUT2D eigenvalue weighted by Gasteiger charge is -2.48. The molecule has 4 fully saturated rings. The lowest BCUT2D eigenvalue weighted by Crippen LogP contribution is -2.68. The van der Waals surface area contributed by atoms with E-state index < -0.39 is 129 Å². The Morgan fingerprint density at radius 3 is 1.80 bits per heavy atom. The van der Waals surface area contributed by atoms with Crippen LogP contribution in [0.3, 0.4) is 0 Å². The normalized spacial score (nSPS) is 52.0. The van der Waals surface area contributed by atoms with E-state index in [4.69, 9.17) is 57.1 Å². The fraction of sp³-hybridized carbons (Fsp3) is 0.958. The summed E-state index contributed by atoms with van der Waals surface area (Å²) in [6, 6.07) is -3.86. The molecule has 3 aliphatic heterocycles. The molecule has 20 heteroatoms. The van der Waals surface area contributed by atoms with Gasteiger partial charge in [0.2, 0.25) is 0 Å². The van der Waals surface area contributed by atoms with E-state index in [-0.39, 0.29) is 19.4 Å². The van der Waals surface area contributed by atoms with Gasteiger partial charge in [0.1, 0.15) is 54.9 Å². The summed E-state index contributed by atoms with van der Waals surface area (Å²) < 4.78 is 34.1. The molecular formula is C24H45N5O15. The molecule has 19 atom stereocenters. The molecule has 0 radical (unpaired) electrons. The maximum absolute atomic E-state index is 11.4. The van der Waals surface area contributed by atoms with Crippen molar-refractivity contribution in [2.24, 2.45) is 28.7 Å². The van der Waals surface area contributed by atoms with Crippen molar-refractivity contribution in [3.8, 4) is 0 Å². The molecule has 1 aliphatic carbocycles. The molecule has 3 heterocycles. The van der Waals surface area contributed by atoms with Crippen LogP contribution in [-0.2, 0) is 33.2 Å². The molecule has 0 spiro atoms. The van der Waals surface area contributed by atoms with E-state index in [1.165, 1.54) is 0 Å². The molecular weight excluding hydrogens is 598 g/mol. The largest absolute Gasteiger partial charge is 0.479 e. The second kappa shape index (κ2) is 14.7. The van der Waals surface area contributed by atoms with Gasteiger partial charge in [-0.05, 0) is 12.8 Å². The van der Waals surface area contributed by atoms with Crippen LogP contribution in [0, 0.1) is 0 Å². The van der Waals surface area contributed by atoms with E-state index in [2.05, 4.69) is 0 Å². The summed E-state index contributed by atoms with van der Waals surface area (Å²) in [7, 11) is 0. The summed E-state index contributed by atoms with van der Waals surface area (Å²) in [5, 5.41) is 80.9. The van der Waals surface area contributed by atoms with Crippen molar-refractivity contribution in [3.05, 3.63) is 0 Å². The van der Waals surface area contributed by atoms with E-state index >= 15 is 0 Å². The number of aliphatic carboxylic acids is 1. The van der Waals surface area contributed by atoms with Crippen LogP contribution in [0.25, 0.3) is 0 Å². The second-order valence-corrected chi connectivity index (χ2v) is 11.6. The van der Waals surface area contributed by atoms with Crippen LogP contribution in [0.4, 0.5) is 0 Å². The summed E-state index contributed by atoms with van der Waals surface area (Å²) in [5.74, 6) is -1.58. The predicted molar refractivity (Wildman–Crippen MR) is 142 cm³/mol. The first-order chi connectivity index (χ1) is 20.7. The van der Waals surface area contributed by atoms with Gasteiger partial charge in [0, 0.05) is 18.6 Å². The topological polar surface area (TPSA) is 364 Å². The summed E-state index contributed by atoms with van der Waals surface area (Å²) in [6.07, 6.45) is -21.7. The van der Waals surface area contributed by atoms with Crippen LogP contribution in [0.5, 0.6) is 0 Å². The molecule has 5 unspecified atom stereocenters. The van der Waals surface area contributed by atoms with Gasteiger partial charge in [-0.1, -0.05) is 0 Å². The Kier molecular flexibility index (Phi) is 11.9. The third-order valence-electron chi connectivity index (χ3n) is 8.51. The third-order valence-corrected chi connectivity index (χ3v) is 8.51. The van der Waals surface area contributed by atoms with Crippen molar-refractivity contribution in [2.75, 3.05) is 13.2 Å². The Morgan fingerprint density at radius 2 is 1.23 bits per heavy atom. The Balaban J connectivity index is 1.41. The Hall–Kier alpha value is -1.25. The number of hydrogen-bond acceptors (Lipinski definition) is 19. The van der Waals surface area contributed by atoms with E-state index in [1.807, 2.05) is 0 Å². The molecule has 0 aromatic rings. The Labute approximate surface area is 251 Å². The van der Waals surface area contributed by atoms with Gasteiger partial charge in [-0.2, -0.15) is 0 Å². The van der Waals surface area contributed by atoms with Crippen molar-refractivity contribution in [1.82, 2.24) is 0 Å². The lowest BCUT2D eigenvalue weighted by atomic mass is 9.84. The molecule has 4 aliphatic rings. The van der Waals surface area contributed by atoms with Gasteiger partial charge >= 0.3 is 5.97 Å². The minimum absolute atomic E-state index is 0.0299. The minimum Gasteiger partial charge on any atom is -0.479 e. The van der Waals surface area contributed by atoms with E-state index in [0.29, 0.717) is 0 Å². The number of aliphatic hydroxyl groups is 7. The van der Waals surface area contributed by atoms with Gasteiger partial charge in [0.25, 0.3) is 0 Å². The minimum atomic E-state index is -1.91. The highest BCUT2D eigenvalue weighted by atomic mass is 16.7. The maximum atomic E-state index is 11.4. The van der Waals surface area contributed by atoms with Crippen molar-refractivity contribution in [3.63, 3.8) is 0 Å². The van der Waals surface area contributed by atoms with Crippen molar-refractivity contribution in [2.45, 2.75) is 129 Å². The average Bonchev–Trinajstić information content (AvgIpc) is 2.98. The van der Waals surface area contributed by atoms with Gasteiger partial charge in [-0.15, -0.1) is 0 Å². The van der Waals surface area contributed by atoms with Crippen LogP contribution in [0.15, 0.2) is 0 Å². The number of carboxylic acid groups (broad SMARTS) is 1. The third kappa shape index (κ3) is 7.17. The smallest absolute Gasteiger partial charge is 0.335 e. The molecule has 1 saturated carbocycles. The molecule has 44 heavy (non-hydrogen) atoms. The SMILES string of the molecule is NC[C@H]1O[C@H](O[C@H]2[C@H](O)[C@@H](O[C@H]3O[C@H](CO)[C@@H](O)[C@H](N)[C@H]3O)[C@H](N)C[C@@H]2N)[C@H](N)C[C@@H]1OC1OC(C(=O)O)C(O)C(O)C1O. The number of ether oxygens (including phenoxy) is 6.